The van der Waals surface area contributed by atoms with Crippen LogP contribution in [0.1, 0.15) is 11.6 Å². The van der Waals surface area contributed by atoms with E-state index < -0.39 is 16.1 Å². The third kappa shape index (κ3) is 1.25. The van der Waals surface area contributed by atoms with Gasteiger partial charge in [0.1, 0.15) is 0 Å². The Balaban J connectivity index is 2.64. The Morgan fingerprint density at radius 2 is 2.08 bits per heavy atom. The van der Waals surface area contributed by atoms with Gasteiger partial charge in [-0.15, -0.1) is 0 Å². The molecule has 5 heteroatoms. The van der Waals surface area contributed by atoms with Gasteiger partial charge in [-0.3, -0.25) is 0 Å². The molecule has 1 heterocycles. The molecule has 1 aliphatic rings. The van der Waals surface area contributed by atoms with E-state index in [4.69, 9.17) is 5.11 Å². The molecule has 0 aliphatic carbocycles. The van der Waals surface area contributed by atoms with E-state index in [-0.39, 0.29) is 11.5 Å². The smallest absolute Gasteiger partial charge is 0.241 e. The SMILES string of the molecule is O=S1(=O)NC(CO)c2ccccc21. The van der Waals surface area contributed by atoms with E-state index in [2.05, 4.69) is 4.72 Å². The summed E-state index contributed by atoms with van der Waals surface area (Å²) in [6, 6.07) is 6.17. The van der Waals surface area contributed by atoms with E-state index in [0.29, 0.717) is 5.56 Å². The number of rotatable bonds is 1. The van der Waals surface area contributed by atoms with Crippen molar-refractivity contribution in [3.8, 4) is 0 Å². The summed E-state index contributed by atoms with van der Waals surface area (Å²) in [5.74, 6) is 0. The second kappa shape index (κ2) is 2.80. The van der Waals surface area contributed by atoms with Crippen LogP contribution in [0.15, 0.2) is 29.2 Å². The van der Waals surface area contributed by atoms with Crippen LogP contribution in [0.4, 0.5) is 0 Å². The Labute approximate surface area is 76.3 Å². The molecular weight excluding hydrogens is 190 g/mol. The lowest BCUT2D eigenvalue weighted by Crippen LogP contribution is -2.21. The average molecular weight is 199 g/mol. The predicted octanol–water partition coefficient (Wildman–Crippen LogP) is 0.0119. The monoisotopic (exact) mass is 199 g/mol. The zero-order valence-electron chi connectivity index (χ0n) is 6.77. The van der Waals surface area contributed by atoms with Crippen molar-refractivity contribution in [3.63, 3.8) is 0 Å². The number of benzene rings is 1. The third-order valence-electron chi connectivity index (χ3n) is 2.06. The minimum atomic E-state index is -3.38. The minimum Gasteiger partial charge on any atom is -0.394 e. The molecule has 0 aromatic heterocycles. The Morgan fingerprint density at radius 1 is 1.38 bits per heavy atom. The van der Waals surface area contributed by atoms with Gasteiger partial charge < -0.3 is 5.11 Å². The topological polar surface area (TPSA) is 66.4 Å². The van der Waals surface area contributed by atoms with Crippen LogP contribution in [0, 0.1) is 0 Å². The fourth-order valence-electron chi connectivity index (χ4n) is 1.46. The maximum Gasteiger partial charge on any atom is 0.241 e. The standard InChI is InChI=1S/C8H9NO3S/c10-5-7-6-3-1-2-4-8(6)13(11,12)9-7/h1-4,7,9-10H,5H2. The van der Waals surface area contributed by atoms with Gasteiger partial charge >= 0.3 is 0 Å². The second-order valence-electron chi connectivity index (χ2n) is 2.89. The normalized spacial score (nSPS) is 24.2. The molecule has 70 valence electrons. The number of fused-ring (bicyclic) bond motifs is 1. The van der Waals surface area contributed by atoms with Crippen molar-refractivity contribution in [2.24, 2.45) is 0 Å². The summed E-state index contributed by atoms with van der Waals surface area (Å²) in [7, 11) is -3.38. The summed E-state index contributed by atoms with van der Waals surface area (Å²) in [5, 5.41) is 8.92. The number of sulfonamides is 1. The summed E-state index contributed by atoms with van der Waals surface area (Å²) >= 11 is 0. The van der Waals surface area contributed by atoms with Gasteiger partial charge in [-0.1, -0.05) is 18.2 Å². The molecule has 1 unspecified atom stereocenters. The fraction of sp³-hybridized carbons (Fsp3) is 0.250. The van der Waals surface area contributed by atoms with Gasteiger partial charge in [-0.2, -0.15) is 0 Å². The highest BCUT2D eigenvalue weighted by molar-refractivity contribution is 7.89. The summed E-state index contributed by atoms with van der Waals surface area (Å²) in [6.07, 6.45) is 0. The number of nitrogens with one attached hydrogen (secondary N) is 1. The zero-order chi connectivity index (χ0) is 9.47. The van der Waals surface area contributed by atoms with Crippen LogP contribution in [0.2, 0.25) is 0 Å². The largest absolute Gasteiger partial charge is 0.394 e. The number of hydrogen-bond donors (Lipinski definition) is 2. The molecule has 0 saturated carbocycles. The average Bonchev–Trinajstić information content (AvgIpc) is 2.39. The number of aliphatic hydroxyl groups excluding tert-OH is 1. The van der Waals surface area contributed by atoms with Gasteiger partial charge in [0.15, 0.2) is 0 Å². The van der Waals surface area contributed by atoms with Gasteiger partial charge in [0.05, 0.1) is 17.5 Å². The Kier molecular flexibility index (Phi) is 1.87. The fourth-order valence-corrected chi connectivity index (χ4v) is 2.94. The molecule has 4 nitrogen and oxygen atoms in total. The molecule has 0 fully saturated rings. The number of aliphatic hydroxyl groups is 1. The van der Waals surface area contributed by atoms with Gasteiger partial charge in [-0.25, -0.2) is 13.1 Å². The van der Waals surface area contributed by atoms with Crippen LogP contribution in [-0.4, -0.2) is 20.1 Å². The molecule has 2 N–H and O–H groups in total. The second-order valence-corrected chi connectivity index (χ2v) is 4.58. The highest BCUT2D eigenvalue weighted by Crippen LogP contribution is 2.29. The van der Waals surface area contributed by atoms with Gasteiger partial charge in [0.25, 0.3) is 0 Å². The summed E-state index contributed by atoms with van der Waals surface area (Å²) < 4.78 is 25.2. The highest BCUT2D eigenvalue weighted by Gasteiger charge is 2.32. The molecule has 0 saturated heterocycles. The van der Waals surface area contributed by atoms with Gasteiger partial charge in [0, 0.05) is 0 Å². The molecule has 1 atom stereocenters. The molecule has 0 radical (unpaired) electrons. The van der Waals surface area contributed by atoms with Crippen molar-refractivity contribution < 1.29 is 13.5 Å². The Morgan fingerprint density at radius 3 is 2.77 bits per heavy atom. The van der Waals surface area contributed by atoms with Crippen LogP contribution in [0.3, 0.4) is 0 Å². The molecule has 0 spiro atoms. The van der Waals surface area contributed by atoms with Crippen molar-refractivity contribution in [1.29, 1.82) is 0 Å². The highest BCUT2D eigenvalue weighted by atomic mass is 32.2. The maximum absolute atomic E-state index is 11.4. The van der Waals surface area contributed by atoms with E-state index in [1.54, 1.807) is 18.2 Å². The molecule has 0 bridgehead atoms. The van der Waals surface area contributed by atoms with E-state index in [1.165, 1.54) is 6.07 Å². The Hall–Kier alpha value is -0.910. The van der Waals surface area contributed by atoms with E-state index in [9.17, 15) is 8.42 Å². The van der Waals surface area contributed by atoms with Crippen molar-refractivity contribution in [2.45, 2.75) is 10.9 Å². The van der Waals surface area contributed by atoms with Gasteiger partial charge in [-0.05, 0) is 11.6 Å². The maximum atomic E-state index is 11.4. The van der Waals surface area contributed by atoms with Crippen LogP contribution < -0.4 is 4.72 Å². The molecule has 1 aliphatic heterocycles. The van der Waals surface area contributed by atoms with Gasteiger partial charge in [0.2, 0.25) is 10.0 Å². The van der Waals surface area contributed by atoms with Crippen molar-refractivity contribution in [2.75, 3.05) is 6.61 Å². The third-order valence-corrected chi connectivity index (χ3v) is 3.61. The quantitative estimate of drug-likeness (QED) is 0.669. The van der Waals surface area contributed by atoms with Crippen molar-refractivity contribution >= 4 is 10.0 Å². The summed E-state index contributed by atoms with van der Waals surface area (Å²) in [6.45, 7) is -0.212. The molecule has 2 rings (SSSR count). The first-order valence-corrected chi connectivity index (χ1v) is 5.35. The first kappa shape index (κ1) is 8.68. The molecule has 0 amide bonds. The van der Waals surface area contributed by atoms with Crippen molar-refractivity contribution in [1.82, 2.24) is 4.72 Å². The lowest BCUT2D eigenvalue weighted by Gasteiger charge is -2.03. The minimum absolute atomic E-state index is 0.212. The van der Waals surface area contributed by atoms with Crippen LogP contribution in [0.5, 0.6) is 0 Å². The molecule has 1 aromatic carbocycles. The summed E-state index contributed by atoms with van der Waals surface area (Å²) in [4.78, 5) is 0.272. The molecular formula is C8H9NO3S. The van der Waals surface area contributed by atoms with Crippen LogP contribution >= 0.6 is 0 Å². The molecule has 1 aromatic rings. The van der Waals surface area contributed by atoms with Crippen LogP contribution in [-0.2, 0) is 10.0 Å². The first-order valence-electron chi connectivity index (χ1n) is 3.87. The van der Waals surface area contributed by atoms with E-state index in [1.807, 2.05) is 0 Å². The lowest BCUT2D eigenvalue weighted by molar-refractivity contribution is 0.261. The molecule has 13 heavy (non-hydrogen) atoms. The first-order chi connectivity index (χ1) is 6.15. The summed E-state index contributed by atoms with van der Waals surface area (Å²) in [5.41, 5.74) is 0.644. The predicted molar refractivity (Wildman–Crippen MR) is 46.6 cm³/mol. The zero-order valence-corrected chi connectivity index (χ0v) is 7.58. The Bertz CT molecular complexity index is 427. The van der Waals surface area contributed by atoms with E-state index >= 15 is 0 Å². The van der Waals surface area contributed by atoms with Crippen LogP contribution in [0.25, 0.3) is 0 Å². The number of hydrogen-bond acceptors (Lipinski definition) is 3. The van der Waals surface area contributed by atoms with E-state index in [0.717, 1.165) is 0 Å². The lowest BCUT2D eigenvalue weighted by atomic mass is 10.1. The van der Waals surface area contributed by atoms with Crippen molar-refractivity contribution in [3.05, 3.63) is 29.8 Å².